The lowest BCUT2D eigenvalue weighted by atomic mass is 9.75. The van der Waals surface area contributed by atoms with Gasteiger partial charge in [-0.25, -0.2) is 4.90 Å². The predicted molar refractivity (Wildman–Crippen MR) is 124 cm³/mol. The molecule has 0 saturated carbocycles. The van der Waals surface area contributed by atoms with E-state index in [4.69, 9.17) is 11.6 Å². The van der Waals surface area contributed by atoms with Crippen LogP contribution in [0.5, 0.6) is 0 Å². The molecule has 9 nitrogen and oxygen atoms in total. The number of benzene rings is 2. The maximum absolute atomic E-state index is 14.0. The molecule has 34 heavy (non-hydrogen) atoms. The Kier molecular flexibility index (Phi) is 4.29. The summed E-state index contributed by atoms with van der Waals surface area (Å²) in [6.07, 6.45) is 1.50. The first kappa shape index (κ1) is 21.2. The maximum Gasteiger partial charge on any atom is 0.271 e. The third-order valence-corrected chi connectivity index (χ3v) is 8.42. The Morgan fingerprint density at radius 2 is 1.91 bits per heavy atom. The summed E-state index contributed by atoms with van der Waals surface area (Å²) in [4.78, 5) is 55.5. The Bertz CT molecular complexity index is 1340. The Morgan fingerprint density at radius 3 is 2.65 bits per heavy atom. The number of imide groups is 1. The van der Waals surface area contributed by atoms with E-state index in [0.717, 1.165) is 11.3 Å². The summed E-state index contributed by atoms with van der Waals surface area (Å²) in [7, 11) is 0. The van der Waals surface area contributed by atoms with Crippen molar-refractivity contribution in [2.75, 3.05) is 16.8 Å². The SMILES string of the molecule is Cc1ccc([N+](=O)[O-])cc1N1C(=O)[C@@H]2[C@@H]3CCCN3[C@@]3(C(=O)Nc4c3ccc(Cl)c4C)[C@H]2C1=O. The number of non-ortho nitro benzene ring substituents is 1. The highest BCUT2D eigenvalue weighted by atomic mass is 35.5. The number of aryl methyl sites for hydroxylation is 1. The zero-order valence-corrected chi connectivity index (χ0v) is 19.3. The van der Waals surface area contributed by atoms with Gasteiger partial charge in [0.2, 0.25) is 17.7 Å². The molecule has 4 atom stereocenters. The smallest absolute Gasteiger partial charge is 0.271 e. The number of halogens is 1. The van der Waals surface area contributed by atoms with Crippen molar-refractivity contribution in [3.8, 4) is 0 Å². The van der Waals surface area contributed by atoms with Gasteiger partial charge in [-0.2, -0.15) is 0 Å². The average Bonchev–Trinajstić information content (AvgIpc) is 3.50. The van der Waals surface area contributed by atoms with Crippen LogP contribution in [0.1, 0.15) is 29.5 Å². The molecule has 0 radical (unpaired) electrons. The first-order valence-corrected chi connectivity index (χ1v) is 11.6. The van der Waals surface area contributed by atoms with Crippen molar-refractivity contribution in [2.24, 2.45) is 11.8 Å². The fourth-order valence-electron chi connectivity index (χ4n) is 6.58. The summed E-state index contributed by atoms with van der Waals surface area (Å²) in [5.74, 6) is -2.86. The molecule has 0 unspecified atom stereocenters. The maximum atomic E-state index is 14.0. The summed E-state index contributed by atoms with van der Waals surface area (Å²) >= 11 is 6.32. The van der Waals surface area contributed by atoms with Gasteiger partial charge in [-0.3, -0.25) is 29.4 Å². The van der Waals surface area contributed by atoms with Gasteiger partial charge in [0.1, 0.15) is 5.54 Å². The number of rotatable bonds is 2. The molecule has 2 aromatic rings. The number of hydrogen-bond acceptors (Lipinski definition) is 6. The Morgan fingerprint density at radius 1 is 1.15 bits per heavy atom. The van der Waals surface area contributed by atoms with Gasteiger partial charge in [0.05, 0.1) is 28.1 Å². The Labute approximate surface area is 199 Å². The Hall–Kier alpha value is -3.30. The highest BCUT2D eigenvalue weighted by Crippen LogP contribution is 2.61. The van der Waals surface area contributed by atoms with Crippen molar-refractivity contribution in [3.05, 3.63) is 62.2 Å². The molecule has 6 rings (SSSR count). The van der Waals surface area contributed by atoms with Gasteiger partial charge in [-0.15, -0.1) is 0 Å². The standard InChI is InChI=1S/C24H21ClN4O5/c1-11-5-6-13(29(33)34)10-17(11)28-21(30)18-16-4-3-9-27(16)24(19(18)22(28)31)14-7-8-15(25)12(2)20(14)26-23(24)32/h5-8,10,16,18-19H,3-4,9H2,1-2H3,(H,26,32)/t16-,18+,19+,24+/m0/s1. The number of carbonyl (C=O) groups is 3. The van der Waals surface area contributed by atoms with E-state index >= 15 is 0 Å². The van der Waals surface area contributed by atoms with Crippen molar-refractivity contribution < 1.29 is 19.3 Å². The number of amides is 3. The second-order valence-corrected chi connectivity index (χ2v) is 9.87. The Balaban J connectivity index is 1.56. The molecule has 4 aliphatic heterocycles. The molecule has 174 valence electrons. The first-order valence-electron chi connectivity index (χ1n) is 11.2. The zero-order valence-electron chi connectivity index (χ0n) is 18.5. The van der Waals surface area contributed by atoms with Gasteiger partial charge >= 0.3 is 0 Å². The molecule has 0 aliphatic carbocycles. The van der Waals surface area contributed by atoms with Gasteiger partial charge in [-0.1, -0.05) is 23.7 Å². The summed E-state index contributed by atoms with van der Waals surface area (Å²) < 4.78 is 0. The minimum Gasteiger partial charge on any atom is -0.324 e. The van der Waals surface area contributed by atoms with E-state index < -0.39 is 34.1 Å². The van der Waals surface area contributed by atoms with Crippen LogP contribution < -0.4 is 10.2 Å². The lowest BCUT2D eigenvalue weighted by Gasteiger charge is -2.36. The highest BCUT2D eigenvalue weighted by Gasteiger charge is 2.74. The third-order valence-electron chi connectivity index (χ3n) is 8.01. The molecule has 4 heterocycles. The van der Waals surface area contributed by atoms with Crippen LogP contribution in [0.4, 0.5) is 17.1 Å². The van der Waals surface area contributed by atoms with E-state index in [-0.39, 0.29) is 23.3 Å². The van der Waals surface area contributed by atoms with Crippen molar-refractivity contribution in [1.82, 2.24) is 4.90 Å². The van der Waals surface area contributed by atoms with E-state index in [1.807, 2.05) is 11.8 Å². The van der Waals surface area contributed by atoms with Gasteiger partial charge in [-0.05, 0) is 50.4 Å². The fraction of sp³-hybridized carbons (Fsp3) is 0.375. The topological polar surface area (TPSA) is 113 Å². The number of carbonyl (C=O) groups excluding carboxylic acids is 3. The molecular weight excluding hydrogens is 460 g/mol. The number of nitro groups is 1. The van der Waals surface area contributed by atoms with Crippen molar-refractivity contribution >= 4 is 46.4 Å². The minimum absolute atomic E-state index is 0.198. The second-order valence-electron chi connectivity index (χ2n) is 9.46. The van der Waals surface area contributed by atoms with Crippen LogP contribution >= 0.6 is 11.6 Å². The van der Waals surface area contributed by atoms with Gasteiger partial charge in [0.25, 0.3) is 5.69 Å². The number of nitrogens with zero attached hydrogens (tertiary/aromatic N) is 3. The van der Waals surface area contributed by atoms with Crippen LogP contribution in [0.2, 0.25) is 5.02 Å². The van der Waals surface area contributed by atoms with E-state index in [1.165, 1.54) is 18.2 Å². The normalized spacial score (nSPS) is 29.6. The summed E-state index contributed by atoms with van der Waals surface area (Å²) in [5.41, 5.74) is 1.22. The third kappa shape index (κ3) is 2.35. The average molecular weight is 481 g/mol. The molecule has 3 amide bonds. The van der Waals surface area contributed by atoms with E-state index in [2.05, 4.69) is 5.32 Å². The van der Waals surface area contributed by atoms with Crippen LogP contribution in [0, 0.1) is 35.8 Å². The number of hydrogen-bond donors (Lipinski definition) is 1. The van der Waals surface area contributed by atoms with Crippen LogP contribution in [0.3, 0.4) is 0 Å². The van der Waals surface area contributed by atoms with E-state index in [9.17, 15) is 24.5 Å². The zero-order chi connectivity index (χ0) is 24.1. The van der Waals surface area contributed by atoms with Gasteiger partial charge in [0.15, 0.2) is 0 Å². The van der Waals surface area contributed by atoms with Crippen LogP contribution in [-0.4, -0.2) is 40.1 Å². The fourth-order valence-corrected chi connectivity index (χ4v) is 6.74. The van der Waals surface area contributed by atoms with Gasteiger partial charge < -0.3 is 5.32 Å². The molecule has 3 saturated heterocycles. The summed E-state index contributed by atoms with van der Waals surface area (Å²) in [6, 6.07) is 7.37. The molecule has 3 fully saturated rings. The lowest BCUT2D eigenvalue weighted by Crippen LogP contribution is -2.54. The van der Waals surface area contributed by atoms with Crippen molar-refractivity contribution in [1.29, 1.82) is 0 Å². The van der Waals surface area contributed by atoms with E-state index in [0.29, 0.717) is 40.4 Å². The molecule has 1 spiro atoms. The molecule has 4 aliphatic rings. The molecule has 1 N–H and O–H groups in total. The van der Waals surface area contributed by atoms with Crippen LogP contribution in [0.15, 0.2) is 30.3 Å². The minimum atomic E-state index is -1.31. The monoisotopic (exact) mass is 480 g/mol. The second kappa shape index (κ2) is 6.86. The van der Waals surface area contributed by atoms with Gasteiger partial charge in [0, 0.05) is 28.8 Å². The predicted octanol–water partition coefficient (Wildman–Crippen LogP) is 3.30. The molecule has 10 heteroatoms. The highest BCUT2D eigenvalue weighted by molar-refractivity contribution is 6.32. The molecule has 0 aromatic heterocycles. The number of anilines is 2. The molecular formula is C24H21ClN4O5. The quantitative estimate of drug-likeness (QED) is 0.401. The summed E-state index contributed by atoms with van der Waals surface area (Å²) in [5, 5.41) is 14.8. The largest absolute Gasteiger partial charge is 0.324 e. The van der Waals surface area contributed by atoms with E-state index in [1.54, 1.807) is 19.1 Å². The first-order chi connectivity index (χ1) is 16.2. The van der Waals surface area contributed by atoms with Crippen molar-refractivity contribution in [3.63, 3.8) is 0 Å². The molecule has 2 aromatic carbocycles. The van der Waals surface area contributed by atoms with Crippen molar-refractivity contribution in [2.45, 2.75) is 38.3 Å². The van der Waals surface area contributed by atoms with Crippen LogP contribution in [0.25, 0.3) is 0 Å². The number of nitrogens with one attached hydrogen (secondary N) is 1. The molecule has 0 bridgehead atoms. The van der Waals surface area contributed by atoms with Crippen LogP contribution in [-0.2, 0) is 19.9 Å². The number of nitro benzene ring substituents is 1. The lowest BCUT2D eigenvalue weighted by molar-refractivity contribution is -0.384. The summed E-state index contributed by atoms with van der Waals surface area (Å²) in [6.45, 7) is 4.12. The number of fused-ring (bicyclic) bond motifs is 7.